The Morgan fingerprint density at radius 3 is 2.46 bits per heavy atom. The number of nitrogens with zero attached hydrogens (tertiary/aromatic N) is 2. The predicted octanol–water partition coefficient (Wildman–Crippen LogP) is 0.625. The van der Waals surface area contributed by atoms with E-state index in [0.29, 0.717) is 19.4 Å². The van der Waals surface area contributed by atoms with Crippen LogP contribution in [-0.2, 0) is 16.1 Å². The van der Waals surface area contributed by atoms with Gasteiger partial charge in [0.15, 0.2) is 0 Å². The summed E-state index contributed by atoms with van der Waals surface area (Å²) < 4.78 is 0. The number of carbonyl (C=O) groups excluding carboxylic acids is 2. The molecular weight excluding hydrogens is 308 g/mol. The van der Waals surface area contributed by atoms with Crippen LogP contribution in [0.25, 0.3) is 0 Å². The molecule has 0 aromatic heterocycles. The summed E-state index contributed by atoms with van der Waals surface area (Å²) in [6.07, 6.45) is 0.272. The summed E-state index contributed by atoms with van der Waals surface area (Å²) in [7, 11) is 1.65. The zero-order chi connectivity index (χ0) is 17.7. The fraction of sp³-hybridized carbons (Fsp3) is 0.556. The lowest BCUT2D eigenvalue weighted by Crippen LogP contribution is -2.46. The number of carbonyl (C=O) groups is 2. The van der Waals surface area contributed by atoms with E-state index in [1.807, 2.05) is 30.3 Å². The van der Waals surface area contributed by atoms with Crippen molar-refractivity contribution in [1.29, 1.82) is 0 Å². The van der Waals surface area contributed by atoms with Gasteiger partial charge in [-0.3, -0.25) is 9.59 Å². The molecule has 0 radical (unpaired) electrons. The molecule has 24 heavy (non-hydrogen) atoms. The first-order chi connectivity index (χ1) is 11.5. The van der Waals surface area contributed by atoms with E-state index in [2.05, 4.69) is 0 Å². The fourth-order valence-corrected chi connectivity index (χ4v) is 3.31. The molecule has 0 heterocycles. The molecular formula is C18H26N2O4. The molecule has 6 nitrogen and oxygen atoms in total. The van der Waals surface area contributed by atoms with E-state index in [-0.39, 0.29) is 31.0 Å². The standard InChI is InChI=1S/C18H26N2O4/c1-13(22)19(2)16-9-8-15(17(16)23)18(24)20(10-11-21)12-14-6-4-3-5-7-14/h3-7,15-17,21,23H,8-12H2,1-2H3/t15-,16-,17+/m1/s1. The Bertz CT molecular complexity index is 563. The molecule has 1 fully saturated rings. The van der Waals surface area contributed by atoms with Gasteiger partial charge in [-0.25, -0.2) is 0 Å². The van der Waals surface area contributed by atoms with E-state index in [1.54, 1.807) is 11.9 Å². The number of hydrogen-bond donors (Lipinski definition) is 2. The topological polar surface area (TPSA) is 81.1 Å². The lowest BCUT2D eigenvalue weighted by Gasteiger charge is -2.30. The Kier molecular flexibility index (Phi) is 6.34. The Balaban J connectivity index is 2.08. The Morgan fingerprint density at radius 2 is 1.88 bits per heavy atom. The van der Waals surface area contributed by atoms with Gasteiger partial charge in [-0.2, -0.15) is 0 Å². The Labute approximate surface area is 142 Å². The van der Waals surface area contributed by atoms with Crippen LogP contribution in [0.5, 0.6) is 0 Å². The van der Waals surface area contributed by atoms with Crippen LogP contribution in [0.3, 0.4) is 0 Å². The average molecular weight is 334 g/mol. The van der Waals surface area contributed by atoms with Gasteiger partial charge in [0, 0.05) is 27.1 Å². The molecule has 2 rings (SSSR count). The van der Waals surface area contributed by atoms with Crippen molar-refractivity contribution in [2.24, 2.45) is 5.92 Å². The van der Waals surface area contributed by atoms with Crippen molar-refractivity contribution in [2.45, 2.75) is 38.5 Å². The molecule has 0 aliphatic heterocycles. The third-order valence-electron chi connectivity index (χ3n) is 4.79. The quantitative estimate of drug-likeness (QED) is 0.799. The Morgan fingerprint density at radius 1 is 1.21 bits per heavy atom. The van der Waals surface area contributed by atoms with Crippen LogP contribution in [0, 0.1) is 5.92 Å². The minimum absolute atomic E-state index is 0.122. The van der Waals surface area contributed by atoms with Crippen LogP contribution in [0.15, 0.2) is 30.3 Å². The average Bonchev–Trinajstić information content (AvgIpc) is 2.95. The number of aliphatic hydroxyl groups is 2. The minimum atomic E-state index is -0.872. The molecule has 132 valence electrons. The summed E-state index contributed by atoms with van der Waals surface area (Å²) in [5.41, 5.74) is 0.976. The molecule has 6 heteroatoms. The van der Waals surface area contributed by atoms with Gasteiger partial charge < -0.3 is 20.0 Å². The first-order valence-corrected chi connectivity index (χ1v) is 8.30. The molecule has 1 aliphatic carbocycles. The van der Waals surface area contributed by atoms with E-state index in [1.165, 1.54) is 11.8 Å². The van der Waals surface area contributed by atoms with Crippen LogP contribution < -0.4 is 0 Å². The first-order valence-electron chi connectivity index (χ1n) is 8.30. The molecule has 0 spiro atoms. The maximum Gasteiger partial charge on any atom is 0.228 e. The predicted molar refractivity (Wildman–Crippen MR) is 89.9 cm³/mol. The van der Waals surface area contributed by atoms with Gasteiger partial charge in [0.05, 0.1) is 24.7 Å². The molecule has 1 saturated carbocycles. The first kappa shape index (κ1) is 18.4. The van der Waals surface area contributed by atoms with Crippen LogP contribution in [0.4, 0.5) is 0 Å². The molecule has 0 bridgehead atoms. The summed E-state index contributed by atoms with van der Waals surface area (Å²) in [5.74, 6) is -0.824. The second-order valence-electron chi connectivity index (χ2n) is 6.34. The normalized spacial score (nSPS) is 23.1. The maximum absolute atomic E-state index is 12.8. The number of benzene rings is 1. The highest BCUT2D eigenvalue weighted by molar-refractivity contribution is 5.80. The zero-order valence-corrected chi connectivity index (χ0v) is 14.3. The molecule has 2 N–H and O–H groups in total. The largest absolute Gasteiger partial charge is 0.395 e. The van der Waals surface area contributed by atoms with Gasteiger partial charge in [0.1, 0.15) is 0 Å². The smallest absolute Gasteiger partial charge is 0.228 e. The molecule has 3 atom stereocenters. The van der Waals surface area contributed by atoms with Crippen molar-refractivity contribution in [3.63, 3.8) is 0 Å². The third-order valence-corrected chi connectivity index (χ3v) is 4.79. The number of likely N-dealkylation sites (N-methyl/N-ethyl adjacent to an activating group) is 1. The van der Waals surface area contributed by atoms with Gasteiger partial charge >= 0.3 is 0 Å². The van der Waals surface area contributed by atoms with E-state index >= 15 is 0 Å². The van der Waals surface area contributed by atoms with Gasteiger partial charge in [0.2, 0.25) is 11.8 Å². The molecule has 1 aromatic carbocycles. The van der Waals surface area contributed by atoms with E-state index in [9.17, 15) is 19.8 Å². The van der Waals surface area contributed by atoms with Gasteiger partial charge in [0.25, 0.3) is 0 Å². The summed E-state index contributed by atoms with van der Waals surface area (Å²) in [6.45, 7) is 1.95. The molecule has 1 aliphatic rings. The number of amides is 2. The summed E-state index contributed by atoms with van der Waals surface area (Å²) in [5, 5.41) is 19.8. The highest BCUT2D eigenvalue weighted by Crippen LogP contribution is 2.31. The van der Waals surface area contributed by atoms with Crippen LogP contribution >= 0.6 is 0 Å². The van der Waals surface area contributed by atoms with Crippen molar-refractivity contribution in [2.75, 3.05) is 20.2 Å². The second-order valence-corrected chi connectivity index (χ2v) is 6.34. The number of rotatable bonds is 6. The minimum Gasteiger partial charge on any atom is -0.395 e. The second kappa shape index (κ2) is 8.26. The lowest BCUT2D eigenvalue weighted by molar-refractivity contribution is -0.142. The van der Waals surface area contributed by atoms with Gasteiger partial charge in [-0.15, -0.1) is 0 Å². The molecule has 0 saturated heterocycles. The number of aliphatic hydroxyl groups excluding tert-OH is 2. The summed E-state index contributed by atoms with van der Waals surface area (Å²) in [4.78, 5) is 27.4. The van der Waals surface area contributed by atoms with Crippen molar-refractivity contribution in [3.05, 3.63) is 35.9 Å². The Hall–Kier alpha value is -1.92. The monoisotopic (exact) mass is 334 g/mol. The molecule has 0 unspecified atom stereocenters. The van der Waals surface area contributed by atoms with E-state index in [4.69, 9.17) is 0 Å². The van der Waals surface area contributed by atoms with Crippen molar-refractivity contribution < 1.29 is 19.8 Å². The van der Waals surface area contributed by atoms with E-state index in [0.717, 1.165) is 5.56 Å². The highest BCUT2D eigenvalue weighted by atomic mass is 16.3. The van der Waals surface area contributed by atoms with Crippen LogP contribution in [-0.4, -0.2) is 64.2 Å². The molecule has 2 amide bonds. The van der Waals surface area contributed by atoms with E-state index < -0.39 is 12.0 Å². The third kappa shape index (κ3) is 4.13. The summed E-state index contributed by atoms with van der Waals surface area (Å²) in [6, 6.07) is 9.23. The zero-order valence-electron chi connectivity index (χ0n) is 14.3. The van der Waals surface area contributed by atoms with Crippen molar-refractivity contribution >= 4 is 11.8 Å². The van der Waals surface area contributed by atoms with Gasteiger partial charge in [-0.1, -0.05) is 30.3 Å². The van der Waals surface area contributed by atoms with Crippen molar-refractivity contribution in [1.82, 2.24) is 9.80 Å². The summed E-state index contributed by atoms with van der Waals surface area (Å²) >= 11 is 0. The highest BCUT2D eigenvalue weighted by Gasteiger charge is 2.43. The van der Waals surface area contributed by atoms with Crippen LogP contribution in [0.1, 0.15) is 25.3 Å². The van der Waals surface area contributed by atoms with Gasteiger partial charge in [-0.05, 0) is 18.4 Å². The number of hydrogen-bond acceptors (Lipinski definition) is 4. The maximum atomic E-state index is 12.8. The molecule has 1 aromatic rings. The lowest BCUT2D eigenvalue weighted by atomic mass is 10.0. The fourth-order valence-electron chi connectivity index (χ4n) is 3.31. The van der Waals surface area contributed by atoms with Crippen LogP contribution in [0.2, 0.25) is 0 Å². The SMILES string of the molecule is CC(=O)N(C)[C@@H]1CC[C@@H](C(=O)N(CCO)Cc2ccccc2)[C@@H]1O. The van der Waals surface area contributed by atoms with Crippen molar-refractivity contribution in [3.8, 4) is 0 Å².